The SMILES string of the molecule is CCOP(=O)([O-])OCC(C=O)COC(C)=O. The number of rotatable bonds is 8. The van der Waals surface area contributed by atoms with Crippen molar-refractivity contribution in [2.75, 3.05) is 19.8 Å². The number of phosphoric ester groups is 1. The van der Waals surface area contributed by atoms with Crippen LogP contribution in [0.4, 0.5) is 0 Å². The summed E-state index contributed by atoms with van der Waals surface area (Å²) in [6, 6.07) is 0. The summed E-state index contributed by atoms with van der Waals surface area (Å²) in [4.78, 5) is 31.9. The second-order valence-electron chi connectivity index (χ2n) is 2.86. The van der Waals surface area contributed by atoms with Crippen molar-refractivity contribution in [3.63, 3.8) is 0 Å². The molecular weight excluding hydrogens is 239 g/mol. The van der Waals surface area contributed by atoms with Gasteiger partial charge < -0.3 is 23.5 Å². The van der Waals surface area contributed by atoms with E-state index in [0.29, 0.717) is 6.29 Å². The molecule has 94 valence electrons. The second-order valence-corrected chi connectivity index (χ2v) is 4.27. The van der Waals surface area contributed by atoms with Gasteiger partial charge in [0.05, 0.1) is 19.1 Å². The van der Waals surface area contributed by atoms with Gasteiger partial charge in [0.2, 0.25) is 0 Å². The van der Waals surface area contributed by atoms with Crippen molar-refractivity contribution in [3.8, 4) is 0 Å². The number of hydrogen-bond acceptors (Lipinski definition) is 7. The average Bonchev–Trinajstić information content (AvgIpc) is 2.17. The fourth-order valence-electron chi connectivity index (χ4n) is 0.733. The van der Waals surface area contributed by atoms with Crippen molar-refractivity contribution >= 4 is 20.1 Å². The van der Waals surface area contributed by atoms with Crippen LogP contribution in [0.15, 0.2) is 0 Å². The molecule has 2 unspecified atom stereocenters. The Morgan fingerprint density at radius 1 is 1.44 bits per heavy atom. The van der Waals surface area contributed by atoms with E-state index < -0.39 is 26.3 Å². The predicted octanol–water partition coefficient (Wildman–Crippen LogP) is -0.114. The Labute approximate surface area is 93.3 Å². The minimum Gasteiger partial charge on any atom is -0.756 e. The van der Waals surface area contributed by atoms with Gasteiger partial charge in [-0.15, -0.1) is 0 Å². The van der Waals surface area contributed by atoms with Crippen LogP contribution in [0, 0.1) is 5.92 Å². The van der Waals surface area contributed by atoms with Crippen molar-refractivity contribution in [2.24, 2.45) is 5.92 Å². The van der Waals surface area contributed by atoms with E-state index in [1.54, 1.807) is 0 Å². The lowest BCUT2D eigenvalue weighted by atomic mass is 10.2. The van der Waals surface area contributed by atoms with E-state index in [-0.39, 0.29) is 13.2 Å². The van der Waals surface area contributed by atoms with Crippen molar-refractivity contribution in [3.05, 3.63) is 0 Å². The first-order valence-corrected chi connectivity index (χ1v) is 6.06. The zero-order chi connectivity index (χ0) is 12.6. The van der Waals surface area contributed by atoms with Crippen LogP contribution in [0.5, 0.6) is 0 Å². The number of esters is 1. The maximum Gasteiger partial charge on any atom is 0.302 e. The second kappa shape index (κ2) is 7.51. The summed E-state index contributed by atoms with van der Waals surface area (Å²) in [6.07, 6.45) is 0.453. The summed E-state index contributed by atoms with van der Waals surface area (Å²) in [5.74, 6) is -1.38. The Balaban J connectivity index is 3.99. The normalized spacial score (nSPS) is 16.2. The van der Waals surface area contributed by atoms with Crippen LogP contribution in [0.1, 0.15) is 13.8 Å². The molecule has 0 aliphatic heterocycles. The third kappa shape index (κ3) is 7.53. The van der Waals surface area contributed by atoms with Crippen LogP contribution in [-0.4, -0.2) is 32.1 Å². The van der Waals surface area contributed by atoms with Gasteiger partial charge in [0.15, 0.2) is 0 Å². The van der Waals surface area contributed by atoms with Gasteiger partial charge in [-0.2, -0.15) is 0 Å². The summed E-state index contributed by atoms with van der Waals surface area (Å²) in [6.45, 7) is 2.00. The average molecular weight is 253 g/mol. The standard InChI is InChI=1S/C8H15O7P/c1-3-14-16(11,12)15-6-8(4-9)5-13-7(2)10/h4,8H,3,5-6H2,1-2H3,(H,11,12)/p-1. The lowest BCUT2D eigenvalue weighted by Gasteiger charge is -2.23. The highest BCUT2D eigenvalue weighted by Crippen LogP contribution is 2.38. The molecule has 0 aliphatic carbocycles. The molecule has 8 heteroatoms. The van der Waals surface area contributed by atoms with Gasteiger partial charge in [-0.05, 0) is 6.92 Å². The lowest BCUT2D eigenvalue weighted by Crippen LogP contribution is -2.20. The molecule has 0 fully saturated rings. The fraction of sp³-hybridized carbons (Fsp3) is 0.750. The summed E-state index contributed by atoms with van der Waals surface area (Å²) >= 11 is 0. The Morgan fingerprint density at radius 2 is 2.06 bits per heavy atom. The molecule has 0 saturated carbocycles. The highest BCUT2D eigenvalue weighted by atomic mass is 31.2. The zero-order valence-corrected chi connectivity index (χ0v) is 9.98. The Hall–Kier alpha value is -0.750. The highest BCUT2D eigenvalue weighted by Gasteiger charge is 2.15. The number of phosphoric acid groups is 1. The molecule has 0 rings (SSSR count). The monoisotopic (exact) mass is 253 g/mol. The van der Waals surface area contributed by atoms with Crippen molar-refractivity contribution in [1.29, 1.82) is 0 Å². The molecular formula is C8H14O7P-. The van der Waals surface area contributed by atoms with Crippen molar-refractivity contribution in [2.45, 2.75) is 13.8 Å². The molecule has 0 heterocycles. The van der Waals surface area contributed by atoms with Crippen LogP contribution >= 0.6 is 7.82 Å². The Kier molecular flexibility index (Phi) is 7.16. The summed E-state index contributed by atoms with van der Waals surface area (Å²) in [7, 11) is -4.36. The van der Waals surface area contributed by atoms with Crippen LogP contribution in [0.3, 0.4) is 0 Å². The van der Waals surface area contributed by atoms with Gasteiger partial charge in [-0.25, -0.2) is 0 Å². The molecule has 0 N–H and O–H groups in total. The molecule has 0 amide bonds. The van der Waals surface area contributed by atoms with E-state index in [4.69, 9.17) is 0 Å². The van der Waals surface area contributed by atoms with Gasteiger partial charge in [0.25, 0.3) is 7.82 Å². The number of carbonyl (C=O) groups is 2. The Bertz CT molecular complexity index is 278. The van der Waals surface area contributed by atoms with Gasteiger partial charge in [-0.3, -0.25) is 9.36 Å². The molecule has 0 bridgehead atoms. The highest BCUT2D eigenvalue weighted by molar-refractivity contribution is 7.45. The minimum atomic E-state index is -4.36. The molecule has 0 aromatic rings. The van der Waals surface area contributed by atoms with Crippen LogP contribution in [0.2, 0.25) is 0 Å². The molecule has 2 atom stereocenters. The van der Waals surface area contributed by atoms with Gasteiger partial charge in [-0.1, -0.05) is 0 Å². The first-order chi connectivity index (χ1) is 7.41. The smallest absolute Gasteiger partial charge is 0.302 e. The number of ether oxygens (including phenoxy) is 1. The van der Waals surface area contributed by atoms with Gasteiger partial charge in [0, 0.05) is 6.92 Å². The number of hydrogen-bond donors (Lipinski definition) is 0. The quantitative estimate of drug-likeness (QED) is 0.337. The van der Waals surface area contributed by atoms with Crippen LogP contribution < -0.4 is 4.89 Å². The minimum absolute atomic E-state index is 0.0452. The molecule has 0 aromatic carbocycles. The van der Waals surface area contributed by atoms with E-state index in [9.17, 15) is 19.0 Å². The summed E-state index contributed by atoms with van der Waals surface area (Å²) in [5.41, 5.74) is 0. The predicted molar refractivity (Wildman–Crippen MR) is 51.4 cm³/mol. The first kappa shape index (κ1) is 15.2. The van der Waals surface area contributed by atoms with E-state index in [1.165, 1.54) is 13.8 Å². The molecule has 16 heavy (non-hydrogen) atoms. The molecule has 0 aromatic heterocycles. The molecule has 7 nitrogen and oxygen atoms in total. The molecule has 0 radical (unpaired) electrons. The summed E-state index contributed by atoms with van der Waals surface area (Å²) in [5, 5.41) is 0. The molecule has 0 saturated heterocycles. The molecule has 0 aliphatic rings. The lowest BCUT2D eigenvalue weighted by molar-refractivity contribution is -0.225. The maximum atomic E-state index is 10.9. The molecule has 0 spiro atoms. The summed E-state index contributed by atoms with van der Waals surface area (Å²) < 4.78 is 24.2. The Morgan fingerprint density at radius 3 is 2.50 bits per heavy atom. The van der Waals surface area contributed by atoms with E-state index in [2.05, 4.69) is 13.8 Å². The van der Waals surface area contributed by atoms with Crippen LogP contribution in [-0.2, 0) is 27.9 Å². The fourth-order valence-corrected chi connectivity index (χ4v) is 1.50. The third-order valence-corrected chi connectivity index (χ3v) is 2.47. The maximum absolute atomic E-state index is 10.9. The van der Waals surface area contributed by atoms with E-state index in [1.807, 2.05) is 0 Å². The zero-order valence-electron chi connectivity index (χ0n) is 9.08. The largest absolute Gasteiger partial charge is 0.756 e. The van der Waals surface area contributed by atoms with E-state index in [0.717, 1.165) is 0 Å². The van der Waals surface area contributed by atoms with E-state index >= 15 is 0 Å². The number of carbonyl (C=O) groups excluding carboxylic acids is 2. The third-order valence-electron chi connectivity index (χ3n) is 1.43. The van der Waals surface area contributed by atoms with Crippen molar-refractivity contribution in [1.82, 2.24) is 0 Å². The van der Waals surface area contributed by atoms with Gasteiger partial charge in [0.1, 0.15) is 12.9 Å². The first-order valence-electron chi connectivity index (χ1n) is 4.60. The van der Waals surface area contributed by atoms with Crippen molar-refractivity contribution < 1.29 is 32.8 Å². The van der Waals surface area contributed by atoms with Crippen LogP contribution in [0.25, 0.3) is 0 Å². The van der Waals surface area contributed by atoms with Gasteiger partial charge >= 0.3 is 5.97 Å². The topological polar surface area (TPSA) is 102 Å². The number of aldehydes is 1.